The summed E-state index contributed by atoms with van der Waals surface area (Å²) in [7, 11) is 11.6. The van der Waals surface area contributed by atoms with Crippen molar-refractivity contribution in [2.75, 3.05) is 52.6 Å². The first-order chi connectivity index (χ1) is 28.4. The lowest BCUT2D eigenvalue weighted by atomic mass is 9.83. The number of anilines is 1. The number of likely N-dealkylation sites (N-methyl/N-ethyl adjacent to an activating group) is 1. The summed E-state index contributed by atoms with van der Waals surface area (Å²) in [6.07, 6.45) is 5.40. The van der Waals surface area contributed by atoms with E-state index in [4.69, 9.17) is 35.3 Å². The van der Waals surface area contributed by atoms with Gasteiger partial charge in [-0.1, -0.05) is 70.8 Å². The van der Waals surface area contributed by atoms with Gasteiger partial charge in [-0.25, -0.2) is 4.79 Å². The van der Waals surface area contributed by atoms with E-state index in [-0.39, 0.29) is 43.2 Å². The Kier molecular flexibility index (Phi) is 18.5. The molecule has 0 saturated carbocycles. The van der Waals surface area contributed by atoms with Crippen molar-refractivity contribution in [2.45, 2.75) is 133 Å². The summed E-state index contributed by atoms with van der Waals surface area (Å²) in [4.78, 5) is 55.2. The van der Waals surface area contributed by atoms with Gasteiger partial charge in [0.15, 0.2) is 5.72 Å². The number of benzene rings is 1. The van der Waals surface area contributed by atoms with Crippen LogP contribution in [-0.2, 0) is 39.8 Å². The summed E-state index contributed by atoms with van der Waals surface area (Å²) in [5.41, 5.74) is -0.474. The molecule has 9 atom stereocenters. The zero-order valence-corrected chi connectivity index (χ0v) is 39.1. The third-order valence-electron chi connectivity index (χ3n) is 11.7. The average molecular weight is 898 g/mol. The van der Waals surface area contributed by atoms with Crippen LogP contribution in [0.1, 0.15) is 85.1 Å². The van der Waals surface area contributed by atoms with Crippen molar-refractivity contribution < 1.29 is 48.0 Å². The summed E-state index contributed by atoms with van der Waals surface area (Å²) in [6.45, 7) is 9.86. The summed E-state index contributed by atoms with van der Waals surface area (Å²) in [5, 5.41) is 17.7. The van der Waals surface area contributed by atoms with Crippen molar-refractivity contribution in [3.8, 4) is 5.75 Å². The number of rotatable bonds is 16. The molecule has 4 amide bonds. The van der Waals surface area contributed by atoms with Crippen molar-refractivity contribution in [1.29, 1.82) is 0 Å². The van der Waals surface area contributed by atoms with E-state index in [1.54, 1.807) is 59.8 Å². The minimum atomic E-state index is -1.78. The lowest BCUT2D eigenvalue weighted by molar-refractivity contribution is -0.142. The third-order valence-corrected chi connectivity index (χ3v) is 15.1. The van der Waals surface area contributed by atoms with E-state index in [1.807, 2.05) is 45.9 Å². The number of alkyl carbamates (subject to hydrolysis) is 1. The van der Waals surface area contributed by atoms with Gasteiger partial charge in [-0.3, -0.25) is 19.7 Å². The van der Waals surface area contributed by atoms with Gasteiger partial charge in [-0.15, -0.1) is 0 Å². The number of aliphatic hydroxyl groups is 1. The van der Waals surface area contributed by atoms with E-state index in [2.05, 4.69) is 17.6 Å². The van der Waals surface area contributed by atoms with Gasteiger partial charge in [0.05, 0.1) is 44.1 Å². The lowest BCUT2D eigenvalue weighted by Crippen LogP contribution is -2.63. The predicted octanol–water partition coefficient (Wildman–Crippen LogP) is 6.45. The van der Waals surface area contributed by atoms with Crippen LogP contribution in [0.25, 0.3) is 0 Å². The molecule has 4 bridgehead atoms. The van der Waals surface area contributed by atoms with E-state index >= 15 is 0 Å². The van der Waals surface area contributed by atoms with Crippen LogP contribution >= 0.6 is 33.2 Å². The topological polar surface area (TPSA) is 169 Å². The number of allylic oxidation sites excluding steroid dienone is 3. The minimum absolute atomic E-state index is 0.00243. The van der Waals surface area contributed by atoms with Gasteiger partial charge in [0.1, 0.15) is 28.6 Å². The van der Waals surface area contributed by atoms with Crippen LogP contribution in [0.4, 0.5) is 10.5 Å². The second-order valence-electron chi connectivity index (χ2n) is 16.4. The Bertz CT molecular complexity index is 1740. The maximum Gasteiger partial charge on any atom is 0.409 e. The van der Waals surface area contributed by atoms with Crippen molar-refractivity contribution in [3.05, 3.63) is 46.5 Å². The van der Waals surface area contributed by atoms with Crippen LogP contribution in [-0.4, -0.2) is 129 Å². The largest absolute Gasteiger partial charge is 0.495 e. The molecule has 3 aliphatic heterocycles. The highest BCUT2D eigenvalue weighted by Crippen LogP contribution is 2.49. The molecular weight excluding hydrogens is 832 g/mol. The quantitative estimate of drug-likeness (QED) is 0.0944. The Morgan fingerprint density at radius 3 is 2.62 bits per heavy atom. The number of halogens is 1. The minimum Gasteiger partial charge on any atom is -0.495 e. The van der Waals surface area contributed by atoms with Gasteiger partial charge < -0.3 is 43.9 Å². The number of unbranched alkanes of at least 4 members (excludes halogenated alkanes) is 1. The fourth-order valence-corrected chi connectivity index (χ4v) is 10.4. The highest BCUT2D eigenvalue weighted by molar-refractivity contribution is 8.76. The molecule has 60 heavy (non-hydrogen) atoms. The molecule has 0 radical (unpaired) electrons. The van der Waals surface area contributed by atoms with E-state index in [0.29, 0.717) is 41.0 Å². The Hall–Kier alpha value is -2.99. The molecule has 3 heterocycles. The fourth-order valence-electron chi connectivity index (χ4n) is 7.57. The Morgan fingerprint density at radius 1 is 1.20 bits per heavy atom. The first-order valence-electron chi connectivity index (χ1n) is 20.6. The SMILES string of the molecule is CNC(=O)CCC(C)SSCCCCC(=O)N(C)[C@@H](C)CO[C@H]1CC(=O)N(C)c2cc(cc(OC)c2Cl)C/C(C)=C/C=C/[C@@H](OC)[C@@]2(O)CC(OC(=O)N2)[C@@H](C)[C@@H]2O[C@@]12C. The number of ether oxygens (including phenoxy) is 5. The molecule has 2 unspecified atom stereocenters. The molecule has 3 N–H and O–H groups in total. The van der Waals surface area contributed by atoms with Gasteiger partial charge >= 0.3 is 6.09 Å². The second kappa shape index (κ2) is 22.4. The summed E-state index contributed by atoms with van der Waals surface area (Å²) in [5.74, 6) is 0.677. The molecule has 14 nitrogen and oxygen atoms in total. The highest BCUT2D eigenvalue weighted by Gasteiger charge is 2.63. The summed E-state index contributed by atoms with van der Waals surface area (Å²) in [6, 6.07) is 3.37. The standard InChI is InChI=1S/C43H65ClN4O10S2/c1-26-14-13-15-34(55-10)43(53)24-33(57-41(52)46-43)29(4)40-42(5,58-40)35(23-38(51)48(8)31-21-30(20-26)22-32(54-9)39(31)44)56-25-27(2)47(7)37(50)16-11-12-19-59-60-28(3)17-18-36(49)45-6/h13-15,21-22,27-29,33-35,40,53H,11-12,16-20,23-25H2,1-10H3,(H,45,49)(H,46,52)/b15-13+,26-14+/t27-,28?,29+,33?,34+,35-,40-,42-,43-/m0/s1. The van der Waals surface area contributed by atoms with E-state index < -0.39 is 47.8 Å². The smallest absolute Gasteiger partial charge is 0.409 e. The van der Waals surface area contributed by atoms with Crippen molar-refractivity contribution in [1.82, 2.24) is 15.5 Å². The summed E-state index contributed by atoms with van der Waals surface area (Å²) < 4.78 is 30.0. The monoisotopic (exact) mass is 896 g/mol. The first kappa shape index (κ1) is 49.7. The van der Waals surface area contributed by atoms with Gasteiger partial charge in [0.25, 0.3) is 0 Å². The molecule has 0 spiro atoms. The molecule has 2 fully saturated rings. The number of nitrogens with one attached hydrogen (secondary N) is 2. The van der Waals surface area contributed by atoms with E-state index in [1.165, 1.54) is 19.1 Å². The van der Waals surface area contributed by atoms with Crippen LogP contribution < -0.4 is 20.3 Å². The number of hydrogen-bond donors (Lipinski definition) is 3. The molecule has 2 saturated heterocycles. The van der Waals surface area contributed by atoms with Crippen LogP contribution in [0.15, 0.2) is 35.9 Å². The third kappa shape index (κ3) is 13.0. The van der Waals surface area contributed by atoms with Crippen molar-refractivity contribution >= 4 is 62.7 Å². The number of nitrogens with zero attached hydrogens (tertiary/aromatic N) is 2. The second-order valence-corrected chi connectivity index (χ2v) is 19.7. The maximum atomic E-state index is 14.3. The van der Waals surface area contributed by atoms with Crippen LogP contribution in [0.2, 0.25) is 5.02 Å². The van der Waals surface area contributed by atoms with Gasteiger partial charge in [-0.2, -0.15) is 0 Å². The molecule has 3 aliphatic rings. The molecule has 336 valence electrons. The Balaban J connectivity index is 1.51. The Labute approximate surface area is 368 Å². The number of hydrogen-bond acceptors (Lipinski definition) is 12. The number of methoxy groups -OCH3 is 2. The zero-order chi connectivity index (χ0) is 44.4. The zero-order valence-electron chi connectivity index (χ0n) is 36.7. The number of carbonyl (C=O) groups excluding carboxylic acids is 4. The number of epoxide rings is 1. The van der Waals surface area contributed by atoms with Gasteiger partial charge in [0, 0.05) is 64.4 Å². The predicted molar refractivity (Wildman–Crippen MR) is 237 cm³/mol. The molecule has 0 aliphatic carbocycles. The highest BCUT2D eigenvalue weighted by atomic mass is 35.5. The van der Waals surface area contributed by atoms with E-state index in [0.717, 1.165) is 36.2 Å². The van der Waals surface area contributed by atoms with Crippen molar-refractivity contribution in [2.24, 2.45) is 5.92 Å². The number of amides is 4. The fraction of sp³-hybridized carbons (Fsp3) is 0.674. The van der Waals surface area contributed by atoms with Crippen molar-refractivity contribution in [3.63, 3.8) is 0 Å². The molecular formula is C43H65ClN4O10S2. The Morgan fingerprint density at radius 2 is 1.93 bits per heavy atom. The lowest BCUT2D eigenvalue weighted by Gasteiger charge is -2.42. The molecule has 1 aromatic rings. The summed E-state index contributed by atoms with van der Waals surface area (Å²) >= 11 is 6.83. The van der Waals surface area contributed by atoms with Gasteiger partial charge in [0.2, 0.25) is 17.7 Å². The van der Waals surface area contributed by atoms with Crippen LogP contribution in [0, 0.1) is 5.92 Å². The normalized spacial score (nSPS) is 29.5. The van der Waals surface area contributed by atoms with Crippen LogP contribution in [0.3, 0.4) is 0 Å². The van der Waals surface area contributed by atoms with Gasteiger partial charge in [-0.05, 0) is 64.2 Å². The van der Waals surface area contributed by atoms with Crippen LogP contribution in [0.5, 0.6) is 5.75 Å². The molecule has 0 aromatic heterocycles. The van der Waals surface area contributed by atoms with E-state index in [9.17, 15) is 24.3 Å². The number of fused-ring (bicyclic) bond motifs is 5. The molecule has 1 aromatic carbocycles. The molecule has 4 rings (SSSR count). The molecule has 17 heteroatoms. The number of carbonyl (C=O) groups is 4. The first-order valence-corrected chi connectivity index (χ1v) is 23.4. The maximum absolute atomic E-state index is 14.3. The average Bonchev–Trinajstić information content (AvgIpc) is 3.91.